The molecule has 7 heteroatoms. The lowest BCUT2D eigenvalue weighted by Crippen LogP contribution is -2.39. The first-order chi connectivity index (χ1) is 12.2. The number of carbonyl (C=O) groups is 1. The average molecular weight is 362 g/mol. The highest BCUT2D eigenvalue weighted by Crippen LogP contribution is 2.40. The van der Waals surface area contributed by atoms with Crippen molar-refractivity contribution in [2.45, 2.75) is 31.6 Å². The van der Waals surface area contributed by atoms with Gasteiger partial charge in [0.1, 0.15) is 16.5 Å². The molecule has 0 bridgehead atoms. The molecule has 1 saturated carbocycles. The van der Waals surface area contributed by atoms with Crippen molar-refractivity contribution in [1.29, 1.82) is 0 Å². The van der Waals surface area contributed by atoms with Gasteiger partial charge in [-0.1, -0.05) is 16.8 Å². The van der Waals surface area contributed by atoms with Crippen LogP contribution < -0.4 is 4.74 Å². The Morgan fingerprint density at radius 1 is 1.32 bits per heavy atom. The van der Waals surface area contributed by atoms with Crippen LogP contribution in [0.1, 0.15) is 47.8 Å². The maximum absolute atomic E-state index is 12.5. The molecule has 0 radical (unpaired) electrons. The number of hydrogen-bond donors (Lipinski definition) is 0. The lowest BCUT2D eigenvalue weighted by molar-refractivity contribution is 0.0651. The molecule has 2 aliphatic rings. The third-order valence-corrected chi connectivity index (χ3v) is 5.12. The molecule has 2 aromatic rings. The number of likely N-dealkylation sites (tertiary alicyclic amines) is 1. The molecule has 2 fully saturated rings. The van der Waals surface area contributed by atoms with Crippen LogP contribution in [-0.2, 0) is 0 Å². The fourth-order valence-corrected chi connectivity index (χ4v) is 3.28. The van der Waals surface area contributed by atoms with Gasteiger partial charge in [0, 0.05) is 43.5 Å². The highest BCUT2D eigenvalue weighted by atomic mass is 35.5. The minimum Gasteiger partial charge on any atom is -0.492 e. The second-order valence-electron chi connectivity index (χ2n) is 6.74. The average Bonchev–Trinajstić information content (AvgIpc) is 3.38. The Morgan fingerprint density at radius 3 is 2.84 bits per heavy atom. The second-order valence-corrected chi connectivity index (χ2v) is 7.15. The van der Waals surface area contributed by atoms with E-state index in [1.807, 2.05) is 4.90 Å². The van der Waals surface area contributed by atoms with Crippen LogP contribution in [0.3, 0.4) is 0 Å². The SMILES string of the molecule is O=C(c1cc(C2CC2)on1)N1CCC(COc2ccncc2Cl)CC1. The fraction of sp³-hybridized carbons (Fsp3) is 0.500. The Morgan fingerprint density at radius 2 is 2.12 bits per heavy atom. The number of ether oxygens (including phenoxy) is 1. The van der Waals surface area contributed by atoms with Gasteiger partial charge >= 0.3 is 0 Å². The van der Waals surface area contributed by atoms with E-state index in [9.17, 15) is 4.79 Å². The molecule has 132 valence electrons. The highest BCUT2D eigenvalue weighted by Gasteiger charge is 2.31. The van der Waals surface area contributed by atoms with Gasteiger partial charge in [0.05, 0.1) is 6.61 Å². The second kappa shape index (κ2) is 7.04. The van der Waals surface area contributed by atoms with E-state index in [0.717, 1.165) is 31.4 Å². The first-order valence-corrected chi connectivity index (χ1v) is 9.06. The van der Waals surface area contributed by atoms with Crippen molar-refractivity contribution in [3.8, 4) is 5.75 Å². The molecule has 1 saturated heterocycles. The van der Waals surface area contributed by atoms with Gasteiger partial charge in [-0.05, 0) is 31.6 Å². The van der Waals surface area contributed by atoms with E-state index in [0.29, 0.717) is 48.0 Å². The molecule has 3 heterocycles. The lowest BCUT2D eigenvalue weighted by Gasteiger charge is -2.31. The largest absolute Gasteiger partial charge is 0.492 e. The molecule has 0 aromatic carbocycles. The Hall–Kier alpha value is -2.08. The van der Waals surface area contributed by atoms with E-state index >= 15 is 0 Å². The predicted molar refractivity (Wildman–Crippen MR) is 91.8 cm³/mol. The van der Waals surface area contributed by atoms with Gasteiger partial charge in [-0.25, -0.2) is 0 Å². The first kappa shape index (κ1) is 16.4. The quantitative estimate of drug-likeness (QED) is 0.814. The van der Waals surface area contributed by atoms with Gasteiger partial charge in [-0.2, -0.15) is 0 Å². The molecular weight excluding hydrogens is 342 g/mol. The van der Waals surface area contributed by atoms with E-state index in [1.54, 1.807) is 24.5 Å². The van der Waals surface area contributed by atoms with Crippen molar-refractivity contribution in [3.63, 3.8) is 0 Å². The molecule has 0 spiro atoms. The predicted octanol–water partition coefficient (Wildman–Crippen LogP) is 3.53. The van der Waals surface area contributed by atoms with Crippen molar-refractivity contribution in [2.24, 2.45) is 5.92 Å². The van der Waals surface area contributed by atoms with Gasteiger partial charge in [-0.15, -0.1) is 0 Å². The Bertz CT molecular complexity index is 752. The number of piperidine rings is 1. The van der Waals surface area contributed by atoms with Gasteiger partial charge in [-0.3, -0.25) is 9.78 Å². The number of rotatable bonds is 5. The summed E-state index contributed by atoms with van der Waals surface area (Å²) in [6.07, 6.45) is 7.32. The number of nitrogens with zero attached hydrogens (tertiary/aromatic N) is 3. The van der Waals surface area contributed by atoms with Crippen LogP contribution in [0.25, 0.3) is 0 Å². The summed E-state index contributed by atoms with van der Waals surface area (Å²) in [5, 5.41) is 4.47. The van der Waals surface area contributed by atoms with E-state index in [1.165, 1.54) is 0 Å². The maximum Gasteiger partial charge on any atom is 0.276 e. The molecule has 6 nitrogen and oxygen atoms in total. The molecule has 2 aromatic heterocycles. The molecule has 1 amide bonds. The highest BCUT2D eigenvalue weighted by molar-refractivity contribution is 6.31. The molecule has 0 unspecified atom stereocenters. The molecular formula is C18H20ClN3O3. The van der Waals surface area contributed by atoms with Crippen LogP contribution in [0.5, 0.6) is 5.75 Å². The summed E-state index contributed by atoms with van der Waals surface area (Å²) < 4.78 is 11.1. The smallest absolute Gasteiger partial charge is 0.276 e. The van der Waals surface area contributed by atoms with E-state index in [2.05, 4.69) is 10.1 Å². The number of amides is 1. The monoisotopic (exact) mass is 361 g/mol. The summed E-state index contributed by atoms with van der Waals surface area (Å²) in [4.78, 5) is 18.3. The van der Waals surface area contributed by atoms with Crippen LogP contribution >= 0.6 is 11.6 Å². The Balaban J connectivity index is 1.27. The summed E-state index contributed by atoms with van der Waals surface area (Å²) >= 11 is 6.05. The number of carbonyl (C=O) groups excluding carboxylic acids is 1. The van der Waals surface area contributed by atoms with Gasteiger partial charge in [0.25, 0.3) is 5.91 Å². The number of aromatic nitrogens is 2. The number of hydrogen-bond acceptors (Lipinski definition) is 5. The Labute approximate surface area is 151 Å². The number of pyridine rings is 1. The molecule has 25 heavy (non-hydrogen) atoms. The molecule has 1 aliphatic heterocycles. The van der Waals surface area contributed by atoms with Gasteiger partial charge in [0.2, 0.25) is 0 Å². The van der Waals surface area contributed by atoms with Crippen molar-refractivity contribution in [3.05, 3.63) is 41.0 Å². The molecule has 4 rings (SSSR count). The van der Waals surface area contributed by atoms with Crippen LogP contribution in [0.2, 0.25) is 5.02 Å². The molecule has 0 N–H and O–H groups in total. The van der Waals surface area contributed by atoms with Crippen LogP contribution in [0.15, 0.2) is 29.0 Å². The van der Waals surface area contributed by atoms with Crippen molar-refractivity contribution in [2.75, 3.05) is 19.7 Å². The van der Waals surface area contributed by atoms with E-state index in [-0.39, 0.29) is 5.91 Å². The third-order valence-electron chi connectivity index (χ3n) is 4.84. The minimum absolute atomic E-state index is 0.0350. The summed E-state index contributed by atoms with van der Waals surface area (Å²) in [5.41, 5.74) is 0.431. The van der Waals surface area contributed by atoms with Crippen molar-refractivity contribution >= 4 is 17.5 Å². The van der Waals surface area contributed by atoms with E-state index < -0.39 is 0 Å². The van der Waals surface area contributed by atoms with E-state index in [4.69, 9.17) is 20.9 Å². The van der Waals surface area contributed by atoms with Crippen LogP contribution in [-0.4, -0.2) is 40.6 Å². The van der Waals surface area contributed by atoms with Gasteiger partial charge < -0.3 is 14.2 Å². The van der Waals surface area contributed by atoms with Crippen LogP contribution in [0, 0.1) is 5.92 Å². The summed E-state index contributed by atoms with van der Waals surface area (Å²) in [7, 11) is 0. The normalized spacial score (nSPS) is 18.4. The van der Waals surface area contributed by atoms with Crippen molar-refractivity contribution < 1.29 is 14.1 Å². The maximum atomic E-state index is 12.5. The van der Waals surface area contributed by atoms with Gasteiger partial charge in [0.15, 0.2) is 5.69 Å². The van der Waals surface area contributed by atoms with Crippen LogP contribution in [0.4, 0.5) is 0 Å². The Kier molecular flexibility index (Phi) is 4.61. The zero-order chi connectivity index (χ0) is 17.2. The topological polar surface area (TPSA) is 68.5 Å². The van der Waals surface area contributed by atoms with Crippen molar-refractivity contribution in [1.82, 2.24) is 15.0 Å². The zero-order valence-electron chi connectivity index (χ0n) is 13.9. The zero-order valence-corrected chi connectivity index (χ0v) is 14.6. The third kappa shape index (κ3) is 3.79. The summed E-state index contributed by atoms with van der Waals surface area (Å²) in [6, 6.07) is 3.57. The minimum atomic E-state index is -0.0350. The fourth-order valence-electron chi connectivity index (χ4n) is 3.10. The summed E-state index contributed by atoms with van der Waals surface area (Å²) in [6.45, 7) is 2.02. The molecule has 1 aliphatic carbocycles. The molecule has 0 atom stereocenters. The standard InChI is InChI=1S/C18H20ClN3O3/c19-14-10-20-6-3-16(14)24-11-12-4-7-22(8-5-12)18(23)15-9-17(25-21-15)13-1-2-13/h3,6,9-10,12-13H,1-2,4-5,7-8,11H2. The number of halogens is 1. The lowest BCUT2D eigenvalue weighted by atomic mass is 9.97. The first-order valence-electron chi connectivity index (χ1n) is 8.69. The summed E-state index contributed by atoms with van der Waals surface area (Å²) in [5.74, 6) is 2.35.